The topological polar surface area (TPSA) is 32.8 Å². The second-order valence-corrected chi connectivity index (χ2v) is 8.32. The van der Waals surface area contributed by atoms with E-state index < -0.39 is 17.2 Å². The van der Waals surface area contributed by atoms with Crippen molar-refractivity contribution in [2.24, 2.45) is 5.41 Å². The summed E-state index contributed by atoms with van der Waals surface area (Å²) >= 11 is 5.96. The van der Waals surface area contributed by atoms with Crippen LogP contribution in [0.25, 0.3) is 0 Å². The molecule has 4 nitrogen and oxygen atoms in total. The molecular weight excluding hydrogens is 393 g/mol. The number of alkyl halides is 4. The van der Waals surface area contributed by atoms with Crippen molar-refractivity contribution >= 4 is 23.3 Å². The third-order valence-corrected chi connectivity index (χ3v) is 5.18. The lowest BCUT2D eigenvalue weighted by atomic mass is 9.97. The number of carbonyl (C=O) groups is 1. The molecule has 0 aromatic heterocycles. The molecule has 1 aliphatic rings. The van der Waals surface area contributed by atoms with Gasteiger partial charge in [0, 0.05) is 37.2 Å². The van der Waals surface area contributed by atoms with Crippen molar-refractivity contribution < 1.29 is 22.8 Å². The fraction of sp³-hybridized carbons (Fsp3) is 0.650. The Morgan fingerprint density at radius 1 is 1.25 bits per heavy atom. The lowest BCUT2D eigenvalue weighted by Gasteiger charge is -2.39. The number of halogens is 4. The lowest BCUT2D eigenvalue weighted by molar-refractivity contribution is -0.204. The van der Waals surface area contributed by atoms with E-state index >= 15 is 0 Å². The highest BCUT2D eigenvalue weighted by Crippen LogP contribution is 2.35. The van der Waals surface area contributed by atoms with Crippen molar-refractivity contribution in [3.63, 3.8) is 0 Å². The monoisotopic (exact) mass is 420 g/mol. The smallest absolute Gasteiger partial charge is 0.368 e. The molecule has 0 aliphatic carbocycles. The molecule has 1 fully saturated rings. The highest BCUT2D eigenvalue weighted by Gasteiger charge is 2.33. The Balaban J connectivity index is 2.10. The molecule has 1 heterocycles. The molecule has 2 rings (SSSR count). The van der Waals surface area contributed by atoms with Crippen LogP contribution in [-0.4, -0.2) is 36.7 Å². The predicted molar refractivity (Wildman–Crippen MR) is 104 cm³/mol. The Labute approximate surface area is 169 Å². The van der Waals surface area contributed by atoms with Gasteiger partial charge in [-0.05, 0) is 64.3 Å². The van der Waals surface area contributed by atoms with Crippen molar-refractivity contribution in [2.45, 2.75) is 58.6 Å². The largest absolute Gasteiger partial charge is 0.416 e. The molecule has 0 radical (unpaired) electrons. The van der Waals surface area contributed by atoms with E-state index in [0.717, 1.165) is 30.7 Å². The Morgan fingerprint density at radius 3 is 2.32 bits per heavy atom. The number of anilines is 1. The third-order valence-electron chi connectivity index (χ3n) is 4.89. The molecule has 1 aromatic carbocycles. The van der Waals surface area contributed by atoms with E-state index in [0.29, 0.717) is 25.2 Å². The summed E-state index contributed by atoms with van der Waals surface area (Å²) in [6.45, 7) is 9.21. The zero-order chi connectivity index (χ0) is 21.1. The van der Waals surface area contributed by atoms with Gasteiger partial charge in [0.2, 0.25) is 0 Å². The zero-order valence-electron chi connectivity index (χ0n) is 16.8. The highest BCUT2D eigenvalue weighted by atomic mass is 35.5. The van der Waals surface area contributed by atoms with Crippen LogP contribution in [0, 0.1) is 5.41 Å². The molecule has 0 spiro atoms. The van der Waals surface area contributed by atoms with E-state index in [1.807, 2.05) is 6.92 Å². The summed E-state index contributed by atoms with van der Waals surface area (Å²) in [7, 11) is 0. The fourth-order valence-corrected chi connectivity index (χ4v) is 3.49. The van der Waals surface area contributed by atoms with Crippen molar-refractivity contribution in [2.75, 3.05) is 24.5 Å². The van der Waals surface area contributed by atoms with Crippen LogP contribution >= 0.6 is 11.6 Å². The van der Waals surface area contributed by atoms with Crippen LogP contribution in [0.1, 0.15) is 51.7 Å². The van der Waals surface area contributed by atoms with Crippen LogP contribution in [0.4, 0.5) is 18.9 Å². The van der Waals surface area contributed by atoms with Gasteiger partial charge < -0.3 is 9.74 Å². The molecule has 158 valence electrons. The van der Waals surface area contributed by atoms with Gasteiger partial charge in [-0.25, -0.2) is 4.79 Å². The van der Waals surface area contributed by atoms with Crippen LogP contribution in [0.15, 0.2) is 18.2 Å². The quantitative estimate of drug-likeness (QED) is 0.610. The van der Waals surface area contributed by atoms with E-state index in [2.05, 4.69) is 4.90 Å². The number of carbonyl (C=O) groups excluding carboxylic acids is 1. The van der Waals surface area contributed by atoms with Gasteiger partial charge in [0.1, 0.15) is 0 Å². The van der Waals surface area contributed by atoms with Crippen molar-refractivity contribution in [3.05, 3.63) is 29.3 Å². The molecule has 1 aliphatic heterocycles. The molecule has 0 bridgehead atoms. The molecule has 8 heteroatoms. The van der Waals surface area contributed by atoms with E-state index in [1.165, 1.54) is 6.07 Å². The molecule has 1 aromatic rings. The number of hydroxylamine groups is 2. The van der Waals surface area contributed by atoms with Gasteiger partial charge in [-0.1, -0.05) is 0 Å². The van der Waals surface area contributed by atoms with Crippen molar-refractivity contribution in [1.82, 2.24) is 5.06 Å². The number of piperidine rings is 1. The molecular formula is C20H28ClF3N2O2. The summed E-state index contributed by atoms with van der Waals surface area (Å²) in [5.41, 5.74) is -0.0515. The van der Waals surface area contributed by atoms with Gasteiger partial charge in [0.15, 0.2) is 0 Å². The minimum absolute atomic E-state index is 0.0117. The molecule has 0 saturated carbocycles. The molecule has 0 amide bonds. The van der Waals surface area contributed by atoms with E-state index in [-0.39, 0.29) is 17.9 Å². The van der Waals surface area contributed by atoms with E-state index in [1.54, 1.807) is 25.8 Å². The molecule has 0 unspecified atom stereocenters. The average Bonchev–Trinajstić information content (AvgIpc) is 2.62. The van der Waals surface area contributed by atoms with Crippen molar-refractivity contribution in [1.29, 1.82) is 0 Å². The Kier molecular flexibility index (Phi) is 7.26. The second kappa shape index (κ2) is 8.91. The summed E-state index contributed by atoms with van der Waals surface area (Å²) in [5.74, 6) is -0.261. The van der Waals surface area contributed by atoms with Crippen LogP contribution in [0.3, 0.4) is 0 Å². The number of benzene rings is 1. The first kappa shape index (κ1) is 22.8. The first-order valence-electron chi connectivity index (χ1n) is 9.47. The number of rotatable bonds is 5. The van der Waals surface area contributed by atoms with Gasteiger partial charge in [-0.3, -0.25) is 0 Å². The fourth-order valence-electron chi connectivity index (χ4n) is 3.27. The zero-order valence-corrected chi connectivity index (χ0v) is 17.5. The Bertz CT molecular complexity index is 681. The maximum absolute atomic E-state index is 13.0. The molecule has 0 atom stereocenters. The summed E-state index contributed by atoms with van der Waals surface area (Å²) < 4.78 is 39.0. The molecule has 28 heavy (non-hydrogen) atoms. The summed E-state index contributed by atoms with van der Waals surface area (Å²) in [6, 6.07) is 3.89. The average molecular weight is 421 g/mol. The van der Waals surface area contributed by atoms with Crippen LogP contribution < -0.4 is 4.90 Å². The number of hydrogen-bond acceptors (Lipinski definition) is 4. The maximum Gasteiger partial charge on any atom is 0.416 e. The lowest BCUT2D eigenvalue weighted by Crippen LogP contribution is -2.46. The van der Waals surface area contributed by atoms with Gasteiger partial charge in [0.05, 0.1) is 11.0 Å². The minimum Gasteiger partial charge on any atom is -0.368 e. The first-order chi connectivity index (χ1) is 13.0. The second-order valence-electron chi connectivity index (χ2n) is 8.05. The standard InChI is InChI=1S/C20H28ClF3N2O2/c1-5-26(17-7-6-15(20(22,23)24)12-14(17)13-21)16-8-10-25(11-9-16)28-18(27)19(2,3)4/h6-7,12,16H,5,8-11,13H2,1-4H3. The number of nitrogens with zero attached hydrogens (tertiary/aromatic N) is 2. The summed E-state index contributed by atoms with van der Waals surface area (Å²) in [4.78, 5) is 19.6. The van der Waals surface area contributed by atoms with Gasteiger partial charge in [-0.15, -0.1) is 16.7 Å². The van der Waals surface area contributed by atoms with Gasteiger partial charge in [-0.2, -0.15) is 13.2 Å². The predicted octanol–water partition coefficient (Wildman–Crippen LogP) is 5.24. The first-order valence-corrected chi connectivity index (χ1v) is 10.0. The van der Waals surface area contributed by atoms with Crippen LogP contribution in [0.2, 0.25) is 0 Å². The van der Waals surface area contributed by atoms with Crippen molar-refractivity contribution in [3.8, 4) is 0 Å². The Hall–Kier alpha value is -1.47. The summed E-state index contributed by atoms with van der Waals surface area (Å²) in [6.07, 6.45) is -2.90. The van der Waals surface area contributed by atoms with Crippen LogP contribution in [-0.2, 0) is 21.7 Å². The summed E-state index contributed by atoms with van der Waals surface area (Å²) in [5, 5.41) is 1.67. The molecule has 1 saturated heterocycles. The minimum atomic E-state index is -4.39. The van der Waals surface area contributed by atoms with E-state index in [9.17, 15) is 18.0 Å². The SMILES string of the molecule is CCN(c1ccc(C(F)(F)F)cc1CCl)C1CCN(OC(=O)C(C)(C)C)CC1. The highest BCUT2D eigenvalue weighted by molar-refractivity contribution is 6.17. The molecule has 0 N–H and O–H groups in total. The normalized spacial score (nSPS) is 16.9. The van der Waals surface area contributed by atoms with E-state index in [4.69, 9.17) is 16.4 Å². The Morgan fingerprint density at radius 2 is 1.86 bits per heavy atom. The third kappa shape index (κ3) is 5.54. The maximum atomic E-state index is 13.0. The van der Waals surface area contributed by atoms with Gasteiger partial charge in [0.25, 0.3) is 0 Å². The van der Waals surface area contributed by atoms with Crippen LogP contribution in [0.5, 0.6) is 0 Å². The number of hydrogen-bond donors (Lipinski definition) is 0. The van der Waals surface area contributed by atoms with Gasteiger partial charge >= 0.3 is 12.1 Å².